The van der Waals surface area contributed by atoms with Gasteiger partial charge in [0.05, 0.1) is 12.2 Å². The van der Waals surface area contributed by atoms with Crippen molar-refractivity contribution >= 4 is 11.8 Å². The number of rotatable bonds is 6. The number of aromatic nitrogens is 2. The van der Waals surface area contributed by atoms with Crippen molar-refractivity contribution in [2.24, 2.45) is 12.8 Å². The van der Waals surface area contributed by atoms with E-state index in [0.717, 1.165) is 5.75 Å². The van der Waals surface area contributed by atoms with Gasteiger partial charge in [-0.2, -0.15) is 16.9 Å². The Morgan fingerprint density at radius 3 is 2.65 bits per heavy atom. The Labute approximate surface area is 109 Å². The Kier molecular flexibility index (Phi) is 5.49. The maximum Gasteiger partial charge on any atom is 0.0540 e. The molecule has 17 heavy (non-hydrogen) atoms. The number of nitrogens with zero attached hydrogens (tertiary/aromatic N) is 3. The molecule has 1 rings (SSSR count). The number of likely N-dealkylation sites (N-methyl/N-ethyl adjacent to an activating group) is 1. The van der Waals surface area contributed by atoms with Gasteiger partial charge in [-0.25, -0.2) is 0 Å². The molecule has 0 aliphatic heterocycles. The van der Waals surface area contributed by atoms with Crippen LogP contribution in [0.3, 0.4) is 0 Å². The molecular weight excluding hydrogens is 232 g/mol. The van der Waals surface area contributed by atoms with Crippen LogP contribution >= 0.6 is 11.8 Å². The first-order valence-corrected chi connectivity index (χ1v) is 7.31. The summed E-state index contributed by atoms with van der Waals surface area (Å²) in [5.41, 5.74) is 8.37. The lowest BCUT2D eigenvalue weighted by atomic mass is 10.1. The predicted molar refractivity (Wildman–Crippen MR) is 75.3 cm³/mol. The van der Waals surface area contributed by atoms with E-state index in [9.17, 15) is 0 Å². The van der Waals surface area contributed by atoms with Crippen molar-refractivity contribution in [3.05, 3.63) is 17.5 Å². The largest absolute Gasteiger partial charge is 0.329 e. The molecule has 0 spiro atoms. The van der Waals surface area contributed by atoms with Crippen molar-refractivity contribution in [3.63, 3.8) is 0 Å². The molecule has 1 aromatic heterocycles. The minimum absolute atomic E-state index is 0.255. The lowest BCUT2D eigenvalue weighted by Gasteiger charge is -2.32. The quantitative estimate of drug-likeness (QED) is 0.836. The van der Waals surface area contributed by atoms with Crippen LogP contribution < -0.4 is 5.73 Å². The average molecular weight is 256 g/mol. The number of hydrogen-bond donors (Lipinski definition) is 1. The molecule has 98 valence electrons. The third-order valence-corrected chi connectivity index (χ3v) is 4.27. The summed E-state index contributed by atoms with van der Waals surface area (Å²) < 4.78 is 1.91. The van der Waals surface area contributed by atoms with Crippen molar-refractivity contribution in [1.82, 2.24) is 14.7 Å². The van der Waals surface area contributed by atoms with E-state index in [2.05, 4.69) is 37.1 Å². The van der Waals surface area contributed by atoms with E-state index < -0.39 is 0 Å². The third-order valence-electron chi connectivity index (χ3n) is 3.45. The van der Waals surface area contributed by atoms with Crippen molar-refractivity contribution in [3.8, 4) is 0 Å². The standard InChI is InChI=1S/C12H24N4S/c1-9(8-17-5)15(3)12(6-13)11-7-14-16(4)10(11)2/h7,9,12H,6,8,13H2,1-5H3. The van der Waals surface area contributed by atoms with Crippen LogP contribution in [0.15, 0.2) is 6.20 Å². The number of thioether (sulfide) groups is 1. The van der Waals surface area contributed by atoms with E-state index in [1.54, 1.807) is 0 Å². The summed E-state index contributed by atoms with van der Waals surface area (Å²) in [5, 5.41) is 4.30. The maximum atomic E-state index is 5.93. The summed E-state index contributed by atoms with van der Waals surface area (Å²) in [6.07, 6.45) is 4.08. The summed E-state index contributed by atoms with van der Waals surface area (Å²) in [5.74, 6) is 1.12. The van der Waals surface area contributed by atoms with Crippen LogP contribution in [0.4, 0.5) is 0 Å². The topological polar surface area (TPSA) is 47.1 Å². The van der Waals surface area contributed by atoms with Gasteiger partial charge in [-0.1, -0.05) is 0 Å². The Bertz CT molecular complexity index is 350. The molecule has 0 radical (unpaired) electrons. The molecule has 0 aromatic carbocycles. The normalized spacial score (nSPS) is 15.2. The van der Waals surface area contributed by atoms with Gasteiger partial charge in [0, 0.05) is 36.6 Å². The average Bonchev–Trinajstić information content (AvgIpc) is 2.62. The van der Waals surface area contributed by atoms with E-state index in [1.807, 2.05) is 29.7 Å². The van der Waals surface area contributed by atoms with Crippen molar-refractivity contribution in [2.45, 2.75) is 25.9 Å². The fraction of sp³-hybridized carbons (Fsp3) is 0.750. The van der Waals surface area contributed by atoms with Crippen LogP contribution in [0.5, 0.6) is 0 Å². The van der Waals surface area contributed by atoms with E-state index >= 15 is 0 Å². The van der Waals surface area contributed by atoms with E-state index in [-0.39, 0.29) is 6.04 Å². The fourth-order valence-electron chi connectivity index (χ4n) is 2.02. The number of aryl methyl sites for hydroxylation is 1. The summed E-state index contributed by atoms with van der Waals surface area (Å²) >= 11 is 1.87. The van der Waals surface area contributed by atoms with Gasteiger partial charge < -0.3 is 5.73 Å². The van der Waals surface area contributed by atoms with Crippen molar-refractivity contribution in [1.29, 1.82) is 0 Å². The molecule has 0 aliphatic carbocycles. The second-order valence-electron chi connectivity index (χ2n) is 4.53. The molecule has 2 unspecified atom stereocenters. The van der Waals surface area contributed by atoms with E-state index in [4.69, 9.17) is 5.73 Å². The fourth-order valence-corrected chi connectivity index (χ4v) is 2.74. The minimum atomic E-state index is 0.255. The SMILES string of the molecule is CSCC(C)N(C)C(CN)c1cnn(C)c1C. The Balaban J connectivity index is 2.87. The Morgan fingerprint density at radius 1 is 1.59 bits per heavy atom. The summed E-state index contributed by atoms with van der Waals surface area (Å²) in [6.45, 7) is 4.96. The summed E-state index contributed by atoms with van der Waals surface area (Å²) in [7, 11) is 4.11. The van der Waals surface area contributed by atoms with E-state index in [0.29, 0.717) is 12.6 Å². The smallest absolute Gasteiger partial charge is 0.0540 e. The number of nitrogens with two attached hydrogens (primary N) is 1. The summed E-state index contributed by atoms with van der Waals surface area (Å²) in [4.78, 5) is 2.35. The van der Waals surface area contributed by atoms with Gasteiger partial charge in [0.25, 0.3) is 0 Å². The Hall–Kier alpha value is -0.520. The highest BCUT2D eigenvalue weighted by Gasteiger charge is 2.23. The van der Waals surface area contributed by atoms with E-state index in [1.165, 1.54) is 11.3 Å². The Morgan fingerprint density at radius 2 is 2.24 bits per heavy atom. The van der Waals surface area contributed by atoms with Gasteiger partial charge in [-0.05, 0) is 27.2 Å². The van der Waals surface area contributed by atoms with Crippen LogP contribution in [0.25, 0.3) is 0 Å². The first-order valence-electron chi connectivity index (χ1n) is 5.92. The lowest BCUT2D eigenvalue weighted by molar-refractivity contribution is 0.203. The molecule has 5 heteroatoms. The third kappa shape index (κ3) is 3.24. The van der Waals surface area contributed by atoms with Crippen LogP contribution in [0.1, 0.15) is 24.2 Å². The van der Waals surface area contributed by atoms with Crippen LogP contribution in [-0.4, -0.2) is 46.3 Å². The second kappa shape index (κ2) is 6.42. The van der Waals surface area contributed by atoms with Gasteiger partial charge in [-0.15, -0.1) is 0 Å². The molecule has 2 atom stereocenters. The molecule has 0 saturated heterocycles. The first-order chi connectivity index (χ1) is 8.02. The monoisotopic (exact) mass is 256 g/mol. The highest BCUT2D eigenvalue weighted by atomic mass is 32.2. The molecule has 1 aromatic rings. The molecule has 0 amide bonds. The molecular formula is C12H24N4S. The summed E-state index contributed by atoms with van der Waals surface area (Å²) in [6, 6.07) is 0.768. The van der Waals surface area contributed by atoms with Crippen LogP contribution in [0.2, 0.25) is 0 Å². The molecule has 0 fully saturated rings. The minimum Gasteiger partial charge on any atom is -0.329 e. The lowest BCUT2D eigenvalue weighted by Crippen LogP contribution is -2.38. The van der Waals surface area contributed by atoms with Gasteiger partial charge in [0.1, 0.15) is 0 Å². The van der Waals surface area contributed by atoms with Gasteiger partial charge in [0.2, 0.25) is 0 Å². The van der Waals surface area contributed by atoms with Gasteiger partial charge in [-0.3, -0.25) is 9.58 Å². The maximum absolute atomic E-state index is 5.93. The van der Waals surface area contributed by atoms with Crippen LogP contribution in [-0.2, 0) is 7.05 Å². The molecule has 2 N–H and O–H groups in total. The predicted octanol–water partition coefficient (Wildman–Crippen LogP) is 1.41. The molecule has 1 heterocycles. The second-order valence-corrected chi connectivity index (χ2v) is 5.44. The van der Waals surface area contributed by atoms with Crippen molar-refractivity contribution < 1.29 is 0 Å². The van der Waals surface area contributed by atoms with Crippen molar-refractivity contribution in [2.75, 3.05) is 25.6 Å². The highest BCUT2D eigenvalue weighted by molar-refractivity contribution is 7.98. The zero-order chi connectivity index (χ0) is 13.0. The number of hydrogen-bond acceptors (Lipinski definition) is 4. The molecule has 4 nitrogen and oxygen atoms in total. The molecule has 0 saturated carbocycles. The highest BCUT2D eigenvalue weighted by Crippen LogP contribution is 2.23. The zero-order valence-electron chi connectivity index (χ0n) is 11.5. The molecule has 0 bridgehead atoms. The van der Waals surface area contributed by atoms with Crippen LogP contribution in [0, 0.1) is 6.92 Å². The zero-order valence-corrected chi connectivity index (χ0v) is 12.3. The van der Waals surface area contributed by atoms with Gasteiger partial charge >= 0.3 is 0 Å². The molecule has 0 aliphatic rings. The first kappa shape index (κ1) is 14.5. The van der Waals surface area contributed by atoms with Gasteiger partial charge in [0.15, 0.2) is 0 Å².